The summed E-state index contributed by atoms with van der Waals surface area (Å²) >= 11 is 11.7. The van der Waals surface area contributed by atoms with Crippen LogP contribution < -0.4 is 4.74 Å². The highest BCUT2D eigenvalue weighted by molar-refractivity contribution is 6.34. The van der Waals surface area contributed by atoms with Crippen LogP contribution in [0.1, 0.15) is 5.82 Å². The minimum atomic E-state index is 0.202. The normalized spacial score (nSPS) is 10.4. The van der Waals surface area contributed by atoms with E-state index in [1.54, 1.807) is 25.2 Å². The molecule has 16 heavy (non-hydrogen) atoms. The summed E-state index contributed by atoms with van der Waals surface area (Å²) in [4.78, 5) is 1.36. The van der Waals surface area contributed by atoms with Crippen molar-refractivity contribution in [1.29, 1.82) is 0 Å². The predicted molar refractivity (Wildman–Crippen MR) is 59.6 cm³/mol. The minimum Gasteiger partial charge on any atom is -0.484 e. The third-order valence-electron chi connectivity index (χ3n) is 1.80. The van der Waals surface area contributed by atoms with Gasteiger partial charge >= 0.3 is 0 Å². The van der Waals surface area contributed by atoms with E-state index in [-0.39, 0.29) is 6.61 Å². The Hall–Kier alpha value is -1.33. The molecule has 1 heterocycles. The third-order valence-corrected chi connectivity index (χ3v) is 2.35. The highest BCUT2D eigenvalue weighted by Gasteiger charge is 2.05. The summed E-state index contributed by atoms with van der Waals surface area (Å²) in [7, 11) is 1.68. The molecular formula is C9H8Cl2N4O. The van der Waals surface area contributed by atoms with Crippen molar-refractivity contribution in [2.75, 3.05) is 0 Å². The van der Waals surface area contributed by atoms with Gasteiger partial charge < -0.3 is 4.74 Å². The number of hydrogen-bond donors (Lipinski definition) is 0. The van der Waals surface area contributed by atoms with Gasteiger partial charge in [-0.3, -0.25) is 0 Å². The molecule has 7 heteroatoms. The lowest BCUT2D eigenvalue weighted by atomic mass is 10.3. The summed E-state index contributed by atoms with van der Waals surface area (Å²) < 4.78 is 5.42. The van der Waals surface area contributed by atoms with Crippen molar-refractivity contribution in [3.8, 4) is 5.75 Å². The molecule has 0 atom stereocenters. The summed E-state index contributed by atoms with van der Waals surface area (Å²) in [6.45, 7) is 0.202. The lowest BCUT2D eigenvalue weighted by Crippen LogP contribution is -1.99. The Labute approximate surface area is 102 Å². The van der Waals surface area contributed by atoms with Gasteiger partial charge in [0.15, 0.2) is 6.61 Å². The molecule has 0 fully saturated rings. The van der Waals surface area contributed by atoms with Crippen molar-refractivity contribution in [1.82, 2.24) is 20.2 Å². The Morgan fingerprint density at radius 1 is 1.38 bits per heavy atom. The zero-order valence-electron chi connectivity index (χ0n) is 8.39. The molecule has 1 aromatic heterocycles. The molecule has 0 spiro atoms. The Kier molecular flexibility index (Phi) is 3.26. The first-order valence-electron chi connectivity index (χ1n) is 4.46. The Morgan fingerprint density at radius 3 is 2.88 bits per heavy atom. The second-order valence-electron chi connectivity index (χ2n) is 3.06. The van der Waals surface area contributed by atoms with E-state index in [2.05, 4.69) is 15.4 Å². The van der Waals surface area contributed by atoms with Gasteiger partial charge in [0.25, 0.3) is 0 Å². The van der Waals surface area contributed by atoms with Crippen LogP contribution in [-0.4, -0.2) is 20.2 Å². The van der Waals surface area contributed by atoms with E-state index in [0.29, 0.717) is 21.6 Å². The lowest BCUT2D eigenvalue weighted by molar-refractivity contribution is 0.295. The van der Waals surface area contributed by atoms with Crippen LogP contribution in [0.4, 0.5) is 0 Å². The summed E-state index contributed by atoms with van der Waals surface area (Å²) in [6, 6.07) is 5.00. The van der Waals surface area contributed by atoms with Crippen molar-refractivity contribution in [3.63, 3.8) is 0 Å². The van der Waals surface area contributed by atoms with Crippen molar-refractivity contribution < 1.29 is 4.74 Å². The highest BCUT2D eigenvalue weighted by atomic mass is 35.5. The van der Waals surface area contributed by atoms with E-state index in [1.165, 1.54) is 4.80 Å². The van der Waals surface area contributed by atoms with Crippen molar-refractivity contribution >= 4 is 23.2 Å². The van der Waals surface area contributed by atoms with Crippen LogP contribution in [0.2, 0.25) is 10.0 Å². The summed E-state index contributed by atoms with van der Waals surface area (Å²) in [5.41, 5.74) is 0. The van der Waals surface area contributed by atoms with E-state index in [1.807, 2.05) is 0 Å². The quantitative estimate of drug-likeness (QED) is 0.846. The zero-order valence-corrected chi connectivity index (χ0v) is 9.90. The van der Waals surface area contributed by atoms with Gasteiger partial charge in [-0.05, 0) is 17.3 Å². The van der Waals surface area contributed by atoms with E-state index in [0.717, 1.165) is 0 Å². The number of tetrazole rings is 1. The first-order chi connectivity index (χ1) is 7.65. The fraction of sp³-hybridized carbons (Fsp3) is 0.222. The van der Waals surface area contributed by atoms with Crippen molar-refractivity contribution in [2.24, 2.45) is 7.05 Å². The molecule has 84 valence electrons. The van der Waals surface area contributed by atoms with Gasteiger partial charge in [-0.15, -0.1) is 10.2 Å². The Balaban J connectivity index is 2.07. The van der Waals surface area contributed by atoms with Crippen molar-refractivity contribution in [3.05, 3.63) is 34.1 Å². The number of halogens is 2. The van der Waals surface area contributed by atoms with Crippen molar-refractivity contribution in [2.45, 2.75) is 6.61 Å². The van der Waals surface area contributed by atoms with Crippen LogP contribution in [-0.2, 0) is 13.7 Å². The van der Waals surface area contributed by atoms with Gasteiger partial charge in [0.1, 0.15) is 5.75 Å². The molecule has 0 aliphatic rings. The minimum absolute atomic E-state index is 0.202. The molecule has 0 bridgehead atoms. The number of hydrogen-bond acceptors (Lipinski definition) is 4. The summed E-state index contributed by atoms with van der Waals surface area (Å²) in [6.07, 6.45) is 0. The monoisotopic (exact) mass is 258 g/mol. The van der Waals surface area contributed by atoms with Crippen LogP contribution in [0.25, 0.3) is 0 Å². The fourth-order valence-corrected chi connectivity index (χ4v) is 1.45. The Bertz CT molecular complexity index is 500. The molecule has 0 unspecified atom stereocenters. The van der Waals surface area contributed by atoms with E-state index in [9.17, 15) is 0 Å². The number of rotatable bonds is 3. The summed E-state index contributed by atoms with van der Waals surface area (Å²) in [5.74, 6) is 0.986. The topological polar surface area (TPSA) is 52.8 Å². The number of aromatic nitrogens is 4. The fourth-order valence-electron chi connectivity index (χ4n) is 1.11. The lowest BCUT2D eigenvalue weighted by Gasteiger charge is -2.05. The van der Waals surface area contributed by atoms with E-state index >= 15 is 0 Å². The molecule has 2 aromatic rings. The van der Waals surface area contributed by atoms with Gasteiger partial charge in [-0.2, -0.15) is 4.80 Å². The smallest absolute Gasteiger partial charge is 0.212 e. The molecule has 0 saturated heterocycles. The molecule has 0 aliphatic heterocycles. The molecule has 2 rings (SSSR count). The summed E-state index contributed by atoms with van der Waals surface area (Å²) in [5, 5.41) is 12.5. The molecule has 0 radical (unpaired) electrons. The number of aryl methyl sites for hydroxylation is 1. The first kappa shape index (κ1) is 11.2. The second-order valence-corrected chi connectivity index (χ2v) is 3.90. The first-order valence-corrected chi connectivity index (χ1v) is 5.21. The third kappa shape index (κ3) is 2.62. The van der Waals surface area contributed by atoms with Gasteiger partial charge in [0, 0.05) is 11.1 Å². The van der Waals surface area contributed by atoms with E-state index in [4.69, 9.17) is 27.9 Å². The van der Waals surface area contributed by atoms with Gasteiger partial charge in [-0.25, -0.2) is 0 Å². The predicted octanol–water partition coefficient (Wildman–Crippen LogP) is 2.10. The Morgan fingerprint density at radius 2 is 2.19 bits per heavy atom. The zero-order chi connectivity index (χ0) is 11.5. The molecule has 0 saturated carbocycles. The average molecular weight is 259 g/mol. The van der Waals surface area contributed by atoms with Crippen LogP contribution in [0.5, 0.6) is 5.75 Å². The second kappa shape index (κ2) is 4.67. The standard InChI is InChI=1S/C9H8Cl2N4O/c1-15-13-9(12-14-15)5-16-8-4-6(10)2-3-7(8)11/h2-4H,5H2,1H3. The molecular weight excluding hydrogens is 251 g/mol. The van der Waals surface area contributed by atoms with E-state index < -0.39 is 0 Å². The number of benzene rings is 1. The SMILES string of the molecule is Cn1nnc(COc2cc(Cl)ccc2Cl)n1. The van der Waals surface area contributed by atoms with Crippen LogP contribution in [0.3, 0.4) is 0 Å². The van der Waals surface area contributed by atoms with Gasteiger partial charge in [0.05, 0.1) is 12.1 Å². The highest BCUT2D eigenvalue weighted by Crippen LogP contribution is 2.27. The molecule has 5 nitrogen and oxygen atoms in total. The number of nitrogens with zero attached hydrogens (tertiary/aromatic N) is 4. The molecule has 1 aromatic carbocycles. The molecule has 0 amide bonds. The molecule has 0 aliphatic carbocycles. The van der Waals surface area contributed by atoms with Gasteiger partial charge in [-0.1, -0.05) is 23.2 Å². The average Bonchev–Trinajstić information content (AvgIpc) is 2.66. The van der Waals surface area contributed by atoms with Crippen LogP contribution in [0, 0.1) is 0 Å². The maximum absolute atomic E-state index is 5.92. The van der Waals surface area contributed by atoms with Gasteiger partial charge in [0.2, 0.25) is 5.82 Å². The maximum Gasteiger partial charge on any atom is 0.212 e. The molecule has 0 N–H and O–H groups in total. The largest absolute Gasteiger partial charge is 0.484 e. The number of ether oxygens (including phenoxy) is 1. The van der Waals surface area contributed by atoms with Crippen LogP contribution in [0.15, 0.2) is 18.2 Å². The van der Waals surface area contributed by atoms with Crippen LogP contribution >= 0.6 is 23.2 Å². The maximum atomic E-state index is 5.92.